The molecular formula is C40H37F9O6. The summed E-state index contributed by atoms with van der Waals surface area (Å²) in [6, 6.07) is 22.7. The van der Waals surface area contributed by atoms with Crippen molar-refractivity contribution < 1.29 is 68.1 Å². The first-order chi connectivity index (χ1) is 25.8. The highest BCUT2D eigenvalue weighted by molar-refractivity contribution is 5.93. The van der Waals surface area contributed by atoms with Gasteiger partial charge in [-0.25, -0.2) is 4.79 Å². The summed E-state index contributed by atoms with van der Waals surface area (Å²) in [5.41, 5.74) is 2.16. The highest BCUT2D eigenvalue weighted by Gasteiger charge is 2.81. The van der Waals surface area contributed by atoms with Gasteiger partial charge >= 0.3 is 41.9 Å². The molecule has 0 N–H and O–H groups in total. The smallest absolute Gasteiger partial charge is 0.460 e. The van der Waals surface area contributed by atoms with Crippen LogP contribution in [0, 0.1) is 0 Å². The summed E-state index contributed by atoms with van der Waals surface area (Å²) in [5, 5.41) is 1.09. The Kier molecular flexibility index (Phi) is 13.6. The zero-order chi connectivity index (χ0) is 40.6. The van der Waals surface area contributed by atoms with Gasteiger partial charge in [-0.15, -0.1) is 0 Å². The average molecular weight is 785 g/mol. The molecule has 0 saturated carbocycles. The molecule has 4 aromatic carbocycles. The van der Waals surface area contributed by atoms with Crippen molar-refractivity contribution in [3.05, 3.63) is 96.1 Å². The van der Waals surface area contributed by atoms with Gasteiger partial charge in [-0.3, -0.25) is 9.59 Å². The third-order valence-electron chi connectivity index (χ3n) is 8.79. The van der Waals surface area contributed by atoms with Crippen LogP contribution >= 0.6 is 0 Å². The molecule has 4 rings (SSSR count). The normalized spacial score (nSPS) is 13.0. The minimum Gasteiger partial charge on any atom is -0.465 e. The van der Waals surface area contributed by atoms with Crippen molar-refractivity contribution in [2.75, 3.05) is 6.61 Å². The first-order valence-electron chi connectivity index (χ1n) is 17.3. The molecule has 0 radical (unpaired) electrons. The van der Waals surface area contributed by atoms with Gasteiger partial charge in [0.15, 0.2) is 0 Å². The first kappa shape index (κ1) is 42.7. The van der Waals surface area contributed by atoms with Crippen LogP contribution in [-0.2, 0) is 14.3 Å². The van der Waals surface area contributed by atoms with Gasteiger partial charge < -0.3 is 14.2 Å². The van der Waals surface area contributed by atoms with E-state index >= 15 is 0 Å². The van der Waals surface area contributed by atoms with Gasteiger partial charge in [0, 0.05) is 6.42 Å². The van der Waals surface area contributed by atoms with Gasteiger partial charge in [0.25, 0.3) is 0 Å². The monoisotopic (exact) mass is 784 g/mol. The lowest BCUT2D eigenvalue weighted by Crippen LogP contribution is -2.61. The van der Waals surface area contributed by atoms with Crippen LogP contribution in [0.2, 0.25) is 0 Å². The number of hydrogen-bond acceptors (Lipinski definition) is 6. The standard InChI is InChI=1S/C40H37F9O6/c1-3-4-5-6-7-8-34(50)54-32-18-15-27(16-19-32)26-9-11-28(12-10-26)36(52)55-33-20-17-30-23-29(13-14-31(30)24-33)25(2)35(51)53-22-21-37(41,42)38(43,44)39(45,46)40(47,48)49/h9-20,23-25H,3-8,21-22H2,1-2H3/t25-/m0/s1. The summed E-state index contributed by atoms with van der Waals surface area (Å²) in [7, 11) is 0. The number of carbonyl (C=O) groups is 3. The van der Waals surface area contributed by atoms with E-state index in [0.29, 0.717) is 22.9 Å². The Morgan fingerprint density at radius 1 is 0.636 bits per heavy atom. The zero-order valence-corrected chi connectivity index (χ0v) is 29.7. The van der Waals surface area contributed by atoms with Gasteiger partial charge in [0.05, 0.1) is 24.5 Å². The van der Waals surface area contributed by atoms with Crippen molar-refractivity contribution in [2.24, 2.45) is 0 Å². The van der Waals surface area contributed by atoms with E-state index in [1.165, 1.54) is 37.3 Å². The number of unbranched alkanes of at least 4 members (excludes halogenated alkanes) is 4. The molecule has 15 heteroatoms. The molecular weight excluding hydrogens is 747 g/mol. The molecule has 0 heterocycles. The maximum atomic E-state index is 13.8. The molecule has 0 aliphatic heterocycles. The first-order valence-corrected chi connectivity index (χ1v) is 17.3. The SMILES string of the molecule is CCCCCCCC(=O)Oc1ccc(-c2ccc(C(=O)Oc3ccc4cc([C@H](C)C(=O)OCCC(F)(F)C(F)(F)C(F)(F)C(F)(F)F)ccc4c3)cc2)cc1. The largest absolute Gasteiger partial charge is 0.465 e. The predicted molar refractivity (Wildman–Crippen MR) is 185 cm³/mol. The molecule has 6 nitrogen and oxygen atoms in total. The quantitative estimate of drug-likeness (QED) is 0.0459. The number of esters is 3. The Labute approximate surface area is 310 Å². The summed E-state index contributed by atoms with van der Waals surface area (Å²) in [4.78, 5) is 37.4. The van der Waals surface area contributed by atoms with Crippen LogP contribution in [0.3, 0.4) is 0 Å². The Morgan fingerprint density at radius 2 is 1.20 bits per heavy atom. The number of benzene rings is 4. The third-order valence-corrected chi connectivity index (χ3v) is 8.79. The lowest BCUT2D eigenvalue weighted by Gasteiger charge is -2.33. The number of fused-ring (bicyclic) bond motifs is 1. The molecule has 0 amide bonds. The fourth-order valence-electron chi connectivity index (χ4n) is 5.42. The number of alkyl halides is 9. The number of carbonyl (C=O) groups excluding carboxylic acids is 3. The molecule has 0 saturated heterocycles. The van der Waals surface area contributed by atoms with Crippen LogP contribution in [0.25, 0.3) is 21.9 Å². The molecule has 296 valence electrons. The van der Waals surface area contributed by atoms with Gasteiger partial charge in [-0.2, -0.15) is 39.5 Å². The van der Waals surface area contributed by atoms with E-state index in [2.05, 4.69) is 11.7 Å². The summed E-state index contributed by atoms with van der Waals surface area (Å²) >= 11 is 0. The van der Waals surface area contributed by atoms with Crippen molar-refractivity contribution in [2.45, 2.75) is 88.7 Å². The van der Waals surface area contributed by atoms with E-state index in [0.717, 1.165) is 43.2 Å². The Morgan fingerprint density at radius 3 is 1.82 bits per heavy atom. The average Bonchev–Trinajstić information content (AvgIpc) is 3.13. The van der Waals surface area contributed by atoms with Gasteiger partial charge in [-0.1, -0.05) is 81.1 Å². The van der Waals surface area contributed by atoms with Crippen molar-refractivity contribution in [3.8, 4) is 22.6 Å². The molecule has 1 atom stereocenters. The third kappa shape index (κ3) is 10.4. The predicted octanol–water partition coefficient (Wildman–Crippen LogP) is 11.5. The molecule has 0 aliphatic rings. The van der Waals surface area contributed by atoms with Crippen molar-refractivity contribution in [1.82, 2.24) is 0 Å². The molecule has 0 unspecified atom stereocenters. The fraction of sp³-hybridized carbons (Fsp3) is 0.375. The van der Waals surface area contributed by atoms with E-state index < -0.39 is 54.8 Å². The summed E-state index contributed by atoms with van der Waals surface area (Å²) in [5.74, 6) is -22.4. The van der Waals surface area contributed by atoms with Crippen LogP contribution in [0.15, 0.2) is 84.9 Å². The second-order valence-corrected chi connectivity index (χ2v) is 12.9. The Balaban J connectivity index is 1.30. The van der Waals surface area contributed by atoms with E-state index in [1.54, 1.807) is 54.6 Å². The van der Waals surface area contributed by atoms with Crippen LogP contribution < -0.4 is 9.47 Å². The molecule has 4 aromatic rings. The maximum absolute atomic E-state index is 13.8. The molecule has 0 fully saturated rings. The zero-order valence-electron chi connectivity index (χ0n) is 29.7. The van der Waals surface area contributed by atoms with Crippen LogP contribution in [0.1, 0.15) is 80.6 Å². The topological polar surface area (TPSA) is 78.9 Å². The van der Waals surface area contributed by atoms with Crippen molar-refractivity contribution in [3.63, 3.8) is 0 Å². The minimum absolute atomic E-state index is 0.182. The van der Waals surface area contributed by atoms with E-state index in [9.17, 15) is 53.9 Å². The molecule has 0 aromatic heterocycles. The molecule has 0 bridgehead atoms. The highest BCUT2D eigenvalue weighted by atomic mass is 19.4. The fourth-order valence-corrected chi connectivity index (χ4v) is 5.42. The Hall–Kier alpha value is -5.08. The van der Waals surface area contributed by atoms with E-state index in [-0.39, 0.29) is 22.8 Å². The van der Waals surface area contributed by atoms with Crippen molar-refractivity contribution >= 4 is 28.7 Å². The van der Waals surface area contributed by atoms with Crippen LogP contribution in [0.5, 0.6) is 11.5 Å². The minimum atomic E-state index is -7.03. The number of ether oxygens (including phenoxy) is 3. The lowest BCUT2D eigenvalue weighted by molar-refractivity contribution is -0.397. The number of halogens is 9. The van der Waals surface area contributed by atoms with Gasteiger partial charge in [0.2, 0.25) is 0 Å². The molecule has 0 aliphatic carbocycles. The summed E-state index contributed by atoms with van der Waals surface area (Å²) in [6.07, 6.45) is -3.75. The Bertz CT molecular complexity index is 1940. The van der Waals surface area contributed by atoms with Gasteiger partial charge in [0.1, 0.15) is 11.5 Å². The highest BCUT2D eigenvalue weighted by Crippen LogP contribution is 2.54. The van der Waals surface area contributed by atoms with E-state index in [4.69, 9.17) is 9.47 Å². The second kappa shape index (κ2) is 17.6. The van der Waals surface area contributed by atoms with E-state index in [1.807, 2.05) is 0 Å². The van der Waals surface area contributed by atoms with Gasteiger partial charge in [-0.05, 0) is 77.2 Å². The lowest BCUT2D eigenvalue weighted by atomic mass is 9.97. The number of hydrogen-bond donors (Lipinski definition) is 0. The van der Waals surface area contributed by atoms with Crippen LogP contribution in [0.4, 0.5) is 39.5 Å². The van der Waals surface area contributed by atoms with Crippen LogP contribution in [-0.4, -0.2) is 48.5 Å². The summed E-state index contributed by atoms with van der Waals surface area (Å²) < 4.78 is 133. The maximum Gasteiger partial charge on any atom is 0.460 e. The number of rotatable bonds is 17. The van der Waals surface area contributed by atoms with Crippen molar-refractivity contribution in [1.29, 1.82) is 0 Å². The summed E-state index contributed by atoms with van der Waals surface area (Å²) in [6.45, 7) is 1.84. The second-order valence-electron chi connectivity index (χ2n) is 12.9. The molecule has 55 heavy (non-hydrogen) atoms. The molecule has 0 spiro atoms.